The van der Waals surface area contributed by atoms with Crippen molar-refractivity contribution in [3.05, 3.63) is 23.8 Å². The highest BCUT2D eigenvalue weighted by Crippen LogP contribution is 2.32. The second-order valence-electron chi connectivity index (χ2n) is 6.38. The number of ether oxygens (including phenoxy) is 1. The van der Waals surface area contributed by atoms with E-state index in [-0.39, 0.29) is 5.75 Å². The number of hydrogen-bond donors (Lipinski definition) is 2. The number of aromatic hydroxyl groups is 1. The normalized spacial score (nSPS) is 22.5. The molecule has 2 N–H and O–H groups in total. The van der Waals surface area contributed by atoms with E-state index in [9.17, 15) is 5.11 Å². The maximum atomic E-state index is 9.70. The maximum absolute atomic E-state index is 9.70. The molecule has 1 aliphatic carbocycles. The van der Waals surface area contributed by atoms with Gasteiger partial charge >= 0.3 is 0 Å². The molecule has 0 amide bonds. The molecule has 1 aromatic rings. The molecule has 1 aromatic carbocycles. The lowest BCUT2D eigenvalue weighted by Gasteiger charge is -2.30. The molecule has 0 aromatic heterocycles. The fourth-order valence-corrected chi connectivity index (χ4v) is 3.25. The smallest absolute Gasteiger partial charge is 0.160 e. The van der Waals surface area contributed by atoms with Crippen LogP contribution in [0, 0.1) is 5.92 Å². The van der Waals surface area contributed by atoms with E-state index >= 15 is 0 Å². The van der Waals surface area contributed by atoms with Crippen LogP contribution in [-0.4, -0.2) is 42.8 Å². The van der Waals surface area contributed by atoms with Crippen LogP contribution in [-0.2, 0) is 6.54 Å². The highest BCUT2D eigenvalue weighted by molar-refractivity contribution is 5.41. The van der Waals surface area contributed by atoms with Gasteiger partial charge in [-0.05, 0) is 62.4 Å². The first-order valence-corrected chi connectivity index (χ1v) is 8.07. The number of nitrogens with zero attached hydrogens (tertiary/aromatic N) is 1. The molecule has 2 fully saturated rings. The van der Waals surface area contributed by atoms with Gasteiger partial charge in [0.15, 0.2) is 11.5 Å². The number of phenols is 1. The number of hydrogen-bond acceptors (Lipinski definition) is 4. The van der Waals surface area contributed by atoms with Gasteiger partial charge in [-0.25, -0.2) is 0 Å². The molecule has 4 nitrogen and oxygen atoms in total. The SMILES string of the molecule is COc1cc(CN(CC2CCCNC2)C2CC2)ccc1O. The molecule has 0 radical (unpaired) electrons. The number of rotatable bonds is 6. The Kier molecular flexibility index (Phi) is 4.66. The Labute approximate surface area is 127 Å². The van der Waals surface area contributed by atoms with E-state index in [1.807, 2.05) is 12.1 Å². The van der Waals surface area contributed by atoms with Gasteiger partial charge in [0.1, 0.15) is 0 Å². The molecule has 4 heteroatoms. The van der Waals surface area contributed by atoms with Gasteiger partial charge in [-0.1, -0.05) is 6.07 Å². The second kappa shape index (κ2) is 6.67. The minimum absolute atomic E-state index is 0.218. The standard InChI is InChI=1S/C17H26N2O2/c1-21-17-9-13(4-7-16(17)20)11-19(15-5-6-15)12-14-3-2-8-18-10-14/h4,7,9,14-15,18,20H,2-3,5-6,8,10-12H2,1H3. The van der Waals surface area contributed by atoms with Gasteiger partial charge in [0.2, 0.25) is 0 Å². The summed E-state index contributed by atoms with van der Waals surface area (Å²) in [6.45, 7) is 4.47. The van der Waals surface area contributed by atoms with Crippen LogP contribution >= 0.6 is 0 Å². The topological polar surface area (TPSA) is 44.7 Å². The minimum atomic E-state index is 0.218. The van der Waals surface area contributed by atoms with E-state index in [1.165, 1.54) is 44.3 Å². The summed E-state index contributed by atoms with van der Waals surface area (Å²) in [5, 5.41) is 13.2. The Balaban J connectivity index is 1.64. The van der Waals surface area contributed by atoms with Crippen LogP contribution in [0.15, 0.2) is 18.2 Å². The zero-order valence-electron chi connectivity index (χ0n) is 12.8. The molecule has 1 saturated heterocycles. The van der Waals surface area contributed by atoms with Crippen LogP contribution in [0.4, 0.5) is 0 Å². The summed E-state index contributed by atoms with van der Waals surface area (Å²) in [7, 11) is 1.60. The molecule has 1 atom stereocenters. The average Bonchev–Trinajstić information content (AvgIpc) is 3.34. The summed E-state index contributed by atoms with van der Waals surface area (Å²) in [4.78, 5) is 2.61. The van der Waals surface area contributed by atoms with E-state index in [4.69, 9.17) is 4.74 Å². The summed E-state index contributed by atoms with van der Waals surface area (Å²) < 4.78 is 5.21. The number of methoxy groups -OCH3 is 1. The predicted molar refractivity (Wildman–Crippen MR) is 83.7 cm³/mol. The van der Waals surface area contributed by atoms with E-state index in [1.54, 1.807) is 13.2 Å². The monoisotopic (exact) mass is 290 g/mol. The summed E-state index contributed by atoms with van der Waals surface area (Å²) in [5.74, 6) is 1.57. The number of phenolic OH excluding ortho intramolecular Hbond substituents is 1. The van der Waals surface area contributed by atoms with Gasteiger partial charge in [-0.15, -0.1) is 0 Å². The average molecular weight is 290 g/mol. The molecule has 2 aliphatic rings. The van der Waals surface area contributed by atoms with Crippen molar-refractivity contribution in [2.24, 2.45) is 5.92 Å². The molecule has 116 valence electrons. The zero-order valence-corrected chi connectivity index (χ0v) is 12.8. The molecule has 0 spiro atoms. The van der Waals surface area contributed by atoms with Gasteiger partial charge in [-0.2, -0.15) is 0 Å². The lowest BCUT2D eigenvalue weighted by molar-refractivity contribution is 0.192. The highest BCUT2D eigenvalue weighted by atomic mass is 16.5. The highest BCUT2D eigenvalue weighted by Gasteiger charge is 2.31. The molecule has 21 heavy (non-hydrogen) atoms. The third-order valence-corrected chi connectivity index (χ3v) is 4.58. The van der Waals surface area contributed by atoms with Crippen molar-refractivity contribution >= 4 is 0 Å². The lowest BCUT2D eigenvalue weighted by atomic mass is 9.98. The fourth-order valence-electron chi connectivity index (χ4n) is 3.25. The quantitative estimate of drug-likeness (QED) is 0.844. The Morgan fingerprint density at radius 3 is 2.86 bits per heavy atom. The van der Waals surface area contributed by atoms with Crippen molar-refractivity contribution in [1.29, 1.82) is 0 Å². The minimum Gasteiger partial charge on any atom is -0.504 e. The second-order valence-corrected chi connectivity index (χ2v) is 6.38. The van der Waals surface area contributed by atoms with Crippen LogP contribution in [0.2, 0.25) is 0 Å². The number of benzene rings is 1. The van der Waals surface area contributed by atoms with E-state index in [2.05, 4.69) is 10.2 Å². The fraction of sp³-hybridized carbons (Fsp3) is 0.647. The summed E-state index contributed by atoms with van der Waals surface area (Å²) in [6.07, 6.45) is 5.30. The van der Waals surface area contributed by atoms with Crippen molar-refractivity contribution in [2.75, 3.05) is 26.7 Å². The van der Waals surface area contributed by atoms with Crippen LogP contribution in [0.5, 0.6) is 11.5 Å². The van der Waals surface area contributed by atoms with E-state index in [0.29, 0.717) is 5.75 Å². The molecule has 1 saturated carbocycles. The first-order chi connectivity index (χ1) is 10.3. The first-order valence-electron chi connectivity index (χ1n) is 8.07. The van der Waals surface area contributed by atoms with Crippen molar-refractivity contribution in [3.8, 4) is 11.5 Å². The summed E-state index contributed by atoms with van der Waals surface area (Å²) >= 11 is 0. The van der Waals surface area contributed by atoms with Gasteiger partial charge in [0, 0.05) is 19.1 Å². The van der Waals surface area contributed by atoms with Gasteiger partial charge in [0.05, 0.1) is 7.11 Å². The Bertz CT molecular complexity index is 468. The third-order valence-electron chi connectivity index (χ3n) is 4.58. The third kappa shape index (κ3) is 3.89. The first kappa shape index (κ1) is 14.7. The molecular weight excluding hydrogens is 264 g/mol. The molecule has 0 bridgehead atoms. The Morgan fingerprint density at radius 1 is 1.33 bits per heavy atom. The maximum Gasteiger partial charge on any atom is 0.160 e. The zero-order chi connectivity index (χ0) is 14.7. The van der Waals surface area contributed by atoms with Crippen LogP contribution in [0.3, 0.4) is 0 Å². The molecule has 3 rings (SSSR count). The lowest BCUT2D eigenvalue weighted by Crippen LogP contribution is -2.39. The Morgan fingerprint density at radius 2 is 2.19 bits per heavy atom. The van der Waals surface area contributed by atoms with Crippen LogP contribution in [0.25, 0.3) is 0 Å². The largest absolute Gasteiger partial charge is 0.504 e. The molecule has 1 aliphatic heterocycles. The van der Waals surface area contributed by atoms with Crippen LogP contribution in [0.1, 0.15) is 31.2 Å². The molecule has 1 unspecified atom stereocenters. The summed E-state index contributed by atoms with van der Waals surface area (Å²) in [5.41, 5.74) is 1.22. The van der Waals surface area contributed by atoms with Crippen molar-refractivity contribution in [1.82, 2.24) is 10.2 Å². The molecule has 1 heterocycles. The number of piperidine rings is 1. The van der Waals surface area contributed by atoms with Crippen molar-refractivity contribution in [2.45, 2.75) is 38.3 Å². The van der Waals surface area contributed by atoms with E-state index < -0.39 is 0 Å². The van der Waals surface area contributed by atoms with Crippen molar-refractivity contribution < 1.29 is 9.84 Å². The predicted octanol–water partition coefficient (Wildman–Crippen LogP) is 2.36. The van der Waals surface area contributed by atoms with Crippen LogP contribution < -0.4 is 10.1 Å². The Hall–Kier alpha value is -1.26. The summed E-state index contributed by atoms with van der Waals surface area (Å²) in [6, 6.07) is 6.46. The van der Waals surface area contributed by atoms with Crippen molar-refractivity contribution in [3.63, 3.8) is 0 Å². The molecular formula is C17H26N2O2. The van der Waals surface area contributed by atoms with Gasteiger partial charge < -0.3 is 15.2 Å². The van der Waals surface area contributed by atoms with Gasteiger partial charge in [-0.3, -0.25) is 4.90 Å². The number of nitrogens with one attached hydrogen (secondary N) is 1. The van der Waals surface area contributed by atoms with Gasteiger partial charge in [0.25, 0.3) is 0 Å². The van der Waals surface area contributed by atoms with E-state index in [0.717, 1.165) is 25.0 Å².